The Kier molecular flexibility index (Phi) is 3.05. The van der Waals surface area contributed by atoms with Crippen molar-refractivity contribution >= 4 is 0 Å². The van der Waals surface area contributed by atoms with Gasteiger partial charge < -0.3 is 9.72 Å². The highest BCUT2D eigenvalue weighted by molar-refractivity contribution is 5.59. The smallest absolute Gasteiger partial charge is 0.118 e. The van der Waals surface area contributed by atoms with Gasteiger partial charge in [-0.3, -0.25) is 0 Å². The molecule has 94 valence electrons. The molecule has 1 heterocycles. The fourth-order valence-corrected chi connectivity index (χ4v) is 2.66. The first-order chi connectivity index (χ1) is 8.86. The Balaban J connectivity index is 1.82. The van der Waals surface area contributed by atoms with Crippen LogP contribution in [0.1, 0.15) is 37.4 Å². The van der Waals surface area contributed by atoms with Crippen LogP contribution in [0, 0.1) is 0 Å². The van der Waals surface area contributed by atoms with Crippen LogP contribution in [-0.4, -0.2) is 17.1 Å². The number of nitrogens with one attached hydrogen (secondary N) is 1. The first kappa shape index (κ1) is 11.3. The molecule has 3 rings (SSSR count). The largest absolute Gasteiger partial charge is 0.497 e. The van der Waals surface area contributed by atoms with Crippen molar-refractivity contribution in [1.82, 2.24) is 9.97 Å². The predicted octanol–water partition coefficient (Wildman–Crippen LogP) is 3.74. The molecule has 1 aliphatic rings. The fourth-order valence-electron chi connectivity index (χ4n) is 2.66. The molecule has 1 aliphatic carbocycles. The Labute approximate surface area is 107 Å². The molecule has 0 amide bonds. The molecule has 1 N–H and O–H groups in total. The molecule has 2 aromatic rings. The van der Waals surface area contributed by atoms with E-state index < -0.39 is 0 Å². The quantitative estimate of drug-likeness (QED) is 0.890. The van der Waals surface area contributed by atoms with Gasteiger partial charge in [-0.25, -0.2) is 4.98 Å². The molecule has 0 spiro atoms. The Morgan fingerprint density at radius 3 is 2.56 bits per heavy atom. The summed E-state index contributed by atoms with van der Waals surface area (Å²) >= 11 is 0. The first-order valence-electron chi connectivity index (χ1n) is 6.56. The maximum Gasteiger partial charge on any atom is 0.118 e. The normalized spacial score (nSPS) is 16.1. The lowest BCUT2D eigenvalue weighted by atomic mass is 10.1. The van der Waals surface area contributed by atoms with Crippen molar-refractivity contribution in [3.63, 3.8) is 0 Å². The summed E-state index contributed by atoms with van der Waals surface area (Å²) in [7, 11) is 1.68. The Bertz CT molecular complexity index is 510. The fraction of sp³-hybridized carbons (Fsp3) is 0.400. The summed E-state index contributed by atoms with van der Waals surface area (Å²) in [6.07, 6.45) is 7.16. The number of ether oxygens (including phenoxy) is 1. The van der Waals surface area contributed by atoms with Crippen molar-refractivity contribution < 1.29 is 4.74 Å². The summed E-state index contributed by atoms with van der Waals surface area (Å²) in [5.74, 6) is 2.67. The second-order valence-electron chi connectivity index (χ2n) is 4.89. The zero-order valence-corrected chi connectivity index (χ0v) is 10.6. The topological polar surface area (TPSA) is 37.9 Å². The van der Waals surface area contributed by atoms with E-state index in [2.05, 4.69) is 22.1 Å². The van der Waals surface area contributed by atoms with E-state index >= 15 is 0 Å². The second-order valence-corrected chi connectivity index (χ2v) is 4.89. The van der Waals surface area contributed by atoms with E-state index in [9.17, 15) is 0 Å². The van der Waals surface area contributed by atoms with Gasteiger partial charge >= 0.3 is 0 Å². The summed E-state index contributed by atoms with van der Waals surface area (Å²) < 4.78 is 5.17. The van der Waals surface area contributed by atoms with Crippen LogP contribution in [-0.2, 0) is 0 Å². The van der Waals surface area contributed by atoms with Crippen LogP contribution in [0.4, 0.5) is 0 Å². The van der Waals surface area contributed by atoms with Crippen LogP contribution < -0.4 is 4.74 Å². The third-order valence-corrected chi connectivity index (χ3v) is 3.74. The van der Waals surface area contributed by atoms with E-state index in [-0.39, 0.29) is 0 Å². The molecule has 0 radical (unpaired) electrons. The number of nitrogens with zero attached hydrogens (tertiary/aromatic N) is 1. The molecule has 1 saturated carbocycles. The Morgan fingerprint density at radius 1 is 1.17 bits per heavy atom. The van der Waals surface area contributed by atoms with Crippen LogP contribution in [0.5, 0.6) is 5.75 Å². The number of benzene rings is 1. The molecule has 0 atom stereocenters. The molecule has 3 heteroatoms. The monoisotopic (exact) mass is 242 g/mol. The van der Waals surface area contributed by atoms with E-state index in [1.165, 1.54) is 25.7 Å². The van der Waals surface area contributed by atoms with Gasteiger partial charge in [-0.05, 0) is 42.7 Å². The third kappa shape index (κ3) is 2.13. The van der Waals surface area contributed by atoms with E-state index in [0.717, 1.165) is 22.8 Å². The first-order valence-corrected chi connectivity index (χ1v) is 6.56. The maximum absolute atomic E-state index is 5.17. The number of aromatic amines is 1. The highest BCUT2D eigenvalue weighted by Crippen LogP contribution is 2.33. The van der Waals surface area contributed by atoms with Crippen molar-refractivity contribution in [1.29, 1.82) is 0 Å². The van der Waals surface area contributed by atoms with Gasteiger partial charge in [-0.2, -0.15) is 0 Å². The van der Waals surface area contributed by atoms with Crippen LogP contribution in [0.15, 0.2) is 30.5 Å². The van der Waals surface area contributed by atoms with Crippen molar-refractivity contribution in [2.45, 2.75) is 31.6 Å². The summed E-state index contributed by atoms with van der Waals surface area (Å²) in [5.41, 5.74) is 2.26. The summed E-state index contributed by atoms with van der Waals surface area (Å²) in [4.78, 5) is 7.99. The lowest BCUT2D eigenvalue weighted by Crippen LogP contribution is -1.94. The molecular weight excluding hydrogens is 224 g/mol. The molecule has 0 unspecified atom stereocenters. The molecule has 0 saturated heterocycles. The van der Waals surface area contributed by atoms with Gasteiger partial charge in [0.1, 0.15) is 11.6 Å². The molecule has 0 bridgehead atoms. The number of hydrogen-bond donors (Lipinski definition) is 1. The van der Waals surface area contributed by atoms with Crippen molar-refractivity contribution in [3.05, 3.63) is 36.3 Å². The van der Waals surface area contributed by atoms with Crippen molar-refractivity contribution in [2.75, 3.05) is 7.11 Å². The van der Waals surface area contributed by atoms with E-state index in [1.54, 1.807) is 7.11 Å². The lowest BCUT2D eigenvalue weighted by Gasteiger charge is -2.04. The van der Waals surface area contributed by atoms with E-state index in [4.69, 9.17) is 4.74 Å². The minimum atomic E-state index is 0.636. The van der Waals surface area contributed by atoms with Gasteiger partial charge in [0, 0.05) is 5.92 Å². The second kappa shape index (κ2) is 4.84. The van der Waals surface area contributed by atoms with Crippen LogP contribution in [0.3, 0.4) is 0 Å². The summed E-state index contributed by atoms with van der Waals surface area (Å²) in [6.45, 7) is 0. The summed E-state index contributed by atoms with van der Waals surface area (Å²) in [5, 5.41) is 0. The third-order valence-electron chi connectivity index (χ3n) is 3.74. The molecule has 1 aromatic heterocycles. The van der Waals surface area contributed by atoms with Crippen LogP contribution >= 0.6 is 0 Å². The number of imidazole rings is 1. The molecule has 3 nitrogen and oxygen atoms in total. The number of methoxy groups -OCH3 is 1. The van der Waals surface area contributed by atoms with E-state index in [1.807, 2.05) is 18.3 Å². The van der Waals surface area contributed by atoms with Gasteiger partial charge in [0.2, 0.25) is 0 Å². The highest BCUT2D eigenvalue weighted by atomic mass is 16.5. The van der Waals surface area contributed by atoms with Gasteiger partial charge in [0.25, 0.3) is 0 Å². The minimum Gasteiger partial charge on any atom is -0.497 e. The molecule has 0 aliphatic heterocycles. The van der Waals surface area contributed by atoms with E-state index in [0.29, 0.717) is 5.92 Å². The molecule has 1 fully saturated rings. The highest BCUT2D eigenvalue weighted by Gasteiger charge is 2.19. The average molecular weight is 242 g/mol. The summed E-state index contributed by atoms with van der Waals surface area (Å²) in [6, 6.07) is 8.08. The van der Waals surface area contributed by atoms with Crippen molar-refractivity contribution in [3.8, 4) is 17.0 Å². The van der Waals surface area contributed by atoms with Crippen molar-refractivity contribution in [2.24, 2.45) is 0 Å². The number of aromatic nitrogens is 2. The number of rotatable bonds is 3. The molecule has 1 aromatic carbocycles. The Hall–Kier alpha value is -1.77. The lowest BCUT2D eigenvalue weighted by molar-refractivity contribution is 0.415. The molecule has 18 heavy (non-hydrogen) atoms. The minimum absolute atomic E-state index is 0.636. The standard InChI is InChI=1S/C15H18N2O/c1-18-13-8-6-11(7-9-13)14-10-16-15(17-14)12-4-2-3-5-12/h6-10,12H,2-5H2,1H3,(H,16,17). The Morgan fingerprint density at radius 2 is 1.89 bits per heavy atom. The SMILES string of the molecule is COc1ccc(-c2cnc(C3CCCC3)[nH]2)cc1. The molecular formula is C15H18N2O. The van der Waals surface area contributed by atoms with Gasteiger partial charge in [-0.1, -0.05) is 12.8 Å². The average Bonchev–Trinajstić information content (AvgIpc) is 3.09. The zero-order chi connectivity index (χ0) is 12.4. The van der Waals surface area contributed by atoms with Gasteiger partial charge in [0.15, 0.2) is 0 Å². The van der Waals surface area contributed by atoms with Crippen LogP contribution in [0.2, 0.25) is 0 Å². The van der Waals surface area contributed by atoms with Gasteiger partial charge in [0.05, 0.1) is 19.0 Å². The maximum atomic E-state index is 5.17. The van der Waals surface area contributed by atoms with Crippen LogP contribution in [0.25, 0.3) is 11.3 Å². The number of hydrogen-bond acceptors (Lipinski definition) is 2. The van der Waals surface area contributed by atoms with Gasteiger partial charge in [-0.15, -0.1) is 0 Å². The zero-order valence-electron chi connectivity index (χ0n) is 10.6. The number of H-pyrrole nitrogens is 1. The predicted molar refractivity (Wildman–Crippen MR) is 71.8 cm³/mol.